The van der Waals surface area contributed by atoms with Gasteiger partial charge in [-0.2, -0.15) is 0 Å². The van der Waals surface area contributed by atoms with Crippen molar-refractivity contribution in [1.82, 2.24) is 24.8 Å². The lowest BCUT2D eigenvalue weighted by Gasteiger charge is -2.52. The van der Waals surface area contributed by atoms with Crippen LogP contribution in [0.1, 0.15) is 59.2 Å². The van der Waals surface area contributed by atoms with Gasteiger partial charge in [-0.1, -0.05) is 26.7 Å². The number of piperidine rings is 1. The van der Waals surface area contributed by atoms with Crippen LogP contribution >= 0.6 is 0 Å². The standard InChI is InChI=1S/C21H26N6O2/c1-5-8-27-13(25-14-15(22)23-12-24-16(14)27)6-7-19(2)9-20(3)11-21(4,10-19)18(29)26-17(20)28/h12H,5,8-11H2,1-4H3,(H2,22,23,24)(H,26,28,29)/t19?,20-,21+. The molecule has 8 heteroatoms. The summed E-state index contributed by atoms with van der Waals surface area (Å²) in [5.74, 6) is 7.08. The number of carbonyl (C=O) groups is 2. The van der Waals surface area contributed by atoms with Crippen LogP contribution in [0.25, 0.3) is 11.2 Å². The molecule has 1 aliphatic carbocycles. The number of nitrogens with two attached hydrogens (primary N) is 1. The Kier molecular flexibility index (Phi) is 4.19. The lowest BCUT2D eigenvalue weighted by atomic mass is 9.52. The minimum atomic E-state index is -0.607. The maximum atomic E-state index is 12.5. The van der Waals surface area contributed by atoms with Gasteiger partial charge in [0.25, 0.3) is 0 Å². The molecule has 2 aliphatic rings. The molecule has 1 saturated heterocycles. The van der Waals surface area contributed by atoms with Crippen LogP contribution in [0.4, 0.5) is 5.82 Å². The van der Waals surface area contributed by atoms with Crippen LogP contribution in [0.2, 0.25) is 0 Å². The van der Waals surface area contributed by atoms with Gasteiger partial charge < -0.3 is 10.3 Å². The number of hydrogen-bond acceptors (Lipinski definition) is 6. The lowest BCUT2D eigenvalue weighted by Crippen LogP contribution is -2.61. The molecule has 0 aromatic carbocycles. The minimum Gasteiger partial charge on any atom is -0.382 e. The van der Waals surface area contributed by atoms with Gasteiger partial charge in [0, 0.05) is 22.8 Å². The normalized spacial score (nSPS) is 31.3. The van der Waals surface area contributed by atoms with E-state index in [4.69, 9.17) is 5.73 Å². The van der Waals surface area contributed by atoms with Gasteiger partial charge >= 0.3 is 0 Å². The summed E-state index contributed by atoms with van der Waals surface area (Å²) in [6.45, 7) is 8.67. The first-order valence-electron chi connectivity index (χ1n) is 9.95. The molecule has 2 aromatic heterocycles. The van der Waals surface area contributed by atoms with E-state index in [1.807, 2.05) is 25.3 Å². The molecule has 0 radical (unpaired) electrons. The van der Waals surface area contributed by atoms with Crippen molar-refractivity contribution in [3.63, 3.8) is 0 Å². The molecule has 1 aliphatic heterocycles. The van der Waals surface area contributed by atoms with Gasteiger partial charge in [-0.3, -0.25) is 14.9 Å². The highest BCUT2D eigenvalue weighted by Crippen LogP contribution is 2.56. The SMILES string of the molecule is CCCn1c(C#CC2(C)C[C@@]3(C)C[C@@](C)(C2)C(=O)NC3=O)nc2c(N)ncnc21. The second-order valence-corrected chi connectivity index (χ2v) is 9.26. The molecular weight excluding hydrogens is 368 g/mol. The van der Waals surface area contributed by atoms with E-state index in [-0.39, 0.29) is 11.8 Å². The topological polar surface area (TPSA) is 116 Å². The molecule has 3 heterocycles. The molecule has 2 fully saturated rings. The third-order valence-electron chi connectivity index (χ3n) is 6.15. The van der Waals surface area contributed by atoms with Crippen molar-refractivity contribution in [3.8, 4) is 11.8 Å². The summed E-state index contributed by atoms with van der Waals surface area (Å²) in [4.78, 5) is 37.9. The maximum absolute atomic E-state index is 12.5. The Labute approximate surface area is 169 Å². The fourth-order valence-electron chi connectivity index (χ4n) is 5.28. The first kappa shape index (κ1) is 19.4. The second-order valence-electron chi connectivity index (χ2n) is 9.26. The van der Waals surface area contributed by atoms with E-state index in [9.17, 15) is 9.59 Å². The van der Waals surface area contributed by atoms with Gasteiger partial charge in [0.1, 0.15) is 6.33 Å². The third-order valence-corrected chi connectivity index (χ3v) is 6.15. The van der Waals surface area contributed by atoms with E-state index in [0.717, 1.165) is 6.42 Å². The molecule has 2 aromatic rings. The van der Waals surface area contributed by atoms with Crippen LogP contribution in [0.3, 0.4) is 0 Å². The first-order chi connectivity index (χ1) is 13.6. The summed E-state index contributed by atoms with van der Waals surface area (Å²) in [7, 11) is 0. The van der Waals surface area contributed by atoms with Crippen LogP contribution in [0, 0.1) is 28.1 Å². The number of fused-ring (bicyclic) bond motifs is 3. The Morgan fingerprint density at radius 1 is 1.14 bits per heavy atom. The third kappa shape index (κ3) is 3.05. The predicted molar refractivity (Wildman–Crippen MR) is 108 cm³/mol. The average molecular weight is 394 g/mol. The summed E-state index contributed by atoms with van der Waals surface area (Å²) in [6.07, 6.45) is 4.07. The van der Waals surface area contributed by atoms with Gasteiger partial charge in [-0.25, -0.2) is 15.0 Å². The first-order valence-corrected chi connectivity index (χ1v) is 9.95. The smallest absolute Gasteiger partial charge is 0.232 e. The number of nitrogen functional groups attached to an aromatic ring is 1. The number of nitrogens with one attached hydrogen (secondary N) is 1. The number of carbonyl (C=O) groups excluding carboxylic acids is 2. The van der Waals surface area contributed by atoms with Crippen LogP contribution < -0.4 is 11.1 Å². The van der Waals surface area contributed by atoms with Gasteiger partial charge in [-0.05, 0) is 38.5 Å². The highest BCUT2D eigenvalue weighted by atomic mass is 16.2. The van der Waals surface area contributed by atoms with Crippen LogP contribution in [-0.4, -0.2) is 31.3 Å². The maximum Gasteiger partial charge on any atom is 0.232 e. The molecule has 29 heavy (non-hydrogen) atoms. The fourth-order valence-corrected chi connectivity index (χ4v) is 5.28. The number of amides is 2. The van der Waals surface area contributed by atoms with Crippen molar-refractivity contribution >= 4 is 28.8 Å². The van der Waals surface area contributed by atoms with Crippen molar-refractivity contribution in [2.24, 2.45) is 16.2 Å². The zero-order valence-corrected chi connectivity index (χ0v) is 17.3. The van der Waals surface area contributed by atoms with Crippen molar-refractivity contribution < 1.29 is 9.59 Å². The number of imidazole rings is 1. The minimum absolute atomic E-state index is 0.200. The van der Waals surface area contributed by atoms with Crippen molar-refractivity contribution in [3.05, 3.63) is 12.2 Å². The Hall–Kier alpha value is -2.95. The van der Waals surface area contributed by atoms with Gasteiger partial charge in [-0.15, -0.1) is 0 Å². The zero-order valence-electron chi connectivity index (χ0n) is 17.3. The molecule has 152 valence electrons. The van der Waals surface area contributed by atoms with Crippen molar-refractivity contribution in [2.75, 3.05) is 5.73 Å². The average Bonchev–Trinajstić information content (AvgIpc) is 2.98. The molecule has 1 unspecified atom stereocenters. The molecule has 4 rings (SSSR count). The molecule has 3 atom stereocenters. The highest BCUT2D eigenvalue weighted by Gasteiger charge is 2.58. The Balaban J connectivity index is 1.77. The quantitative estimate of drug-likeness (QED) is 0.595. The van der Waals surface area contributed by atoms with Gasteiger partial charge in [0.05, 0.1) is 0 Å². The largest absolute Gasteiger partial charge is 0.382 e. The summed E-state index contributed by atoms with van der Waals surface area (Å²) in [6, 6.07) is 0. The van der Waals surface area contributed by atoms with Crippen LogP contribution in [0.5, 0.6) is 0 Å². The lowest BCUT2D eigenvalue weighted by molar-refractivity contribution is -0.158. The number of imide groups is 1. The number of nitrogens with zero attached hydrogens (tertiary/aromatic N) is 4. The predicted octanol–water partition coefficient (Wildman–Crippen LogP) is 2.03. The summed E-state index contributed by atoms with van der Waals surface area (Å²) in [5, 5.41) is 2.55. The zero-order chi connectivity index (χ0) is 21.0. The number of aryl methyl sites for hydroxylation is 1. The van der Waals surface area contributed by atoms with Crippen molar-refractivity contribution in [2.45, 2.75) is 59.9 Å². The van der Waals surface area contributed by atoms with E-state index in [2.05, 4.69) is 39.0 Å². The van der Waals surface area contributed by atoms with E-state index >= 15 is 0 Å². The van der Waals surface area contributed by atoms with Gasteiger partial charge in [0.15, 0.2) is 22.8 Å². The Morgan fingerprint density at radius 2 is 1.79 bits per heavy atom. The van der Waals surface area contributed by atoms with Crippen molar-refractivity contribution in [1.29, 1.82) is 0 Å². The molecule has 8 nitrogen and oxygen atoms in total. The molecule has 1 saturated carbocycles. The van der Waals surface area contributed by atoms with Crippen LogP contribution in [0.15, 0.2) is 6.33 Å². The van der Waals surface area contributed by atoms with Crippen LogP contribution in [-0.2, 0) is 16.1 Å². The van der Waals surface area contributed by atoms with E-state index in [1.54, 1.807) is 0 Å². The molecule has 2 amide bonds. The monoisotopic (exact) mass is 394 g/mol. The second kappa shape index (κ2) is 6.28. The Morgan fingerprint density at radius 3 is 2.41 bits per heavy atom. The van der Waals surface area contributed by atoms with Gasteiger partial charge in [0.2, 0.25) is 11.8 Å². The molecule has 0 spiro atoms. The van der Waals surface area contributed by atoms with E-state index in [0.29, 0.717) is 48.6 Å². The number of hydrogen-bond donors (Lipinski definition) is 2. The number of anilines is 1. The number of rotatable bonds is 2. The molecular formula is C21H26N6O2. The number of aromatic nitrogens is 4. The summed E-state index contributed by atoms with van der Waals surface area (Å²) in [5.41, 5.74) is 5.49. The summed E-state index contributed by atoms with van der Waals surface area (Å²) < 4.78 is 1.95. The molecule has 2 bridgehead atoms. The highest BCUT2D eigenvalue weighted by molar-refractivity contribution is 6.03. The molecule has 3 N–H and O–H groups in total. The summed E-state index contributed by atoms with van der Waals surface area (Å²) >= 11 is 0. The van der Waals surface area contributed by atoms with E-state index in [1.165, 1.54) is 6.33 Å². The Bertz CT molecular complexity index is 1070. The fraction of sp³-hybridized carbons (Fsp3) is 0.571. The van der Waals surface area contributed by atoms with E-state index < -0.39 is 16.2 Å².